The standard InChI is InChI=1S/C13H15N3O2/c1-8-4-5-11(18-8)6-7-12(17)14-13-9(2)10(3)15-16-13/h4-7H,1-3H3,(H2,14,15,16,17)/b7-6+. The van der Waals surface area contributed by atoms with E-state index in [-0.39, 0.29) is 5.91 Å². The zero-order valence-corrected chi connectivity index (χ0v) is 10.6. The van der Waals surface area contributed by atoms with Crippen molar-refractivity contribution in [3.05, 3.63) is 41.0 Å². The second kappa shape index (κ2) is 4.91. The summed E-state index contributed by atoms with van der Waals surface area (Å²) < 4.78 is 5.32. The second-order valence-corrected chi connectivity index (χ2v) is 4.09. The van der Waals surface area contributed by atoms with E-state index in [1.807, 2.05) is 32.9 Å². The molecule has 2 aromatic rings. The number of carbonyl (C=O) groups is 1. The summed E-state index contributed by atoms with van der Waals surface area (Å²) >= 11 is 0. The average molecular weight is 245 g/mol. The molecule has 2 N–H and O–H groups in total. The van der Waals surface area contributed by atoms with Crippen LogP contribution in [0.2, 0.25) is 0 Å². The smallest absolute Gasteiger partial charge is 0.249 e. The molecule has 2 aromatic heterocycles. The van der Waals surface area contributed by atoms with Crippen molar-refractivity contribution in [2.75, 3.05) is 5.32 Å². The predicted octanol–water partition coefficient (Wildman–Crippen LogP) is 2.58. The maximum Gasteiger partial charge on any atom is 0.249 e. The molecule has 0 atom stereocenters. The van der Waals surface area contributed by atoms with Gasteiger partial charge in [-0.1, -0.05) is 0 Å². The lowest BCUT2D eigenvalue weighted by atomic mass is 10.3. The van der Waals surface area contributed by atoms with Gasteiger partial charge in [0, 0.05) is 17.3 Å². The molecule has 0 aliphatic heterocycles. The Morgan fingerprint density at radius 1 is 1.39 bits per heavy atom. The molecule has 94 valence electrons. The minimum atomic E-state index is -0.237. The third-order valence-corrected chi connectivity index (χ3v) is 2.65. The number of aryl methyl sites for hydroxylation is 2. The number of aromatic nitrogens is 2. The lowest BCUT2D eigenvalue weighted by Crippen LogP contribution is -2.09. The molecule has 0 aliphatic carbocycles. The molecule has 5 heteroatoms. The van der Waals surface area contributed by atoms with Gasteiger partial charge in [-0.3, -0.25) is 9.89 Å². The molecule has 1 amide bonds. The van der Waals surface area contributed by atoms with E-state index in [9.17, 15) is 4.79 Å². The zero-order chi connectivity index (χ0) is 13.1. The molecule has 0 radical (unpaired) electrons. The van der Waals surface area contributed by atoms with Crippen LogP contribution in [0.15, 0.2) is 22.6 Å². The van der Waals surface area contributed by atoms with E-state index in [0.29, 0.717) is 11.6 Å². The quantitative estimate of drug-likeness (QED) is 0.816. The number of hydrogen-bond acceptors (Lipinski definition) is 3. The molecule has 0 aromatic carbocycles. The second-order valence-electron chi connectivity index (χ2n) is 4.09. The first-order chi connectivity index (χ1) is 8.56. The highest BCUT2D eigenvalue weighted by Gasteiger charge is 2.07. The maximum atomic E-state index is 11.7. The summed E-state index contributed by atoms with van der Waals surface area (Å²) in [7, 11) is 0. The number of carbonyl (C=O) groups excluding carboxylic acids is 1. The summed E-state index contributed by atoms with van der Waals surface area (Å²) in [5.74, 6) is 1.78. The van der Waals surface area contributed by atoms with E-state index >= 15 is 0 Å². The molecule has 5 nitrogen and oxygen atoms in total. The topological polar surface area (TPSA) is 70.9 Å². The number of nitrogens with one attached hydrogen (secondary N) is 2. The third kappa shape index (κ3) is 2.68. The summed E-state index contributed by atoms with van der Waals surface area (Å²) in [5.41, 5.74) is 1.88. The van der Waals surface area contributed by atoms with E-state index < -0.39 is 0 Å². The van der Waals surface area contributed by atoms with Crippen LogP contribution in [0.25, 0.3) is 6.08 Å². The van der Waals surface area contributed by atoms with Crippen LogP contribution in [-0.2, 0) is 4.79 Å². The van der Waals surface area contributed by atoms with Gasteiger partial charge in [-0.2, -0.15) is 5.10 Å². The fourth-order valence-corrected chi connectivity index (χ4v) is 1.47. The predicted molar refractivity (Wildman–Crippen MR) is 69.2 cm³/mol. The van der Waals surface area contributed by atoms with Crippen LogP contribution < -0.4 is 5.32 Å². The summed E-state index contributed by atoms with van der Waals surface area (Å²) in [5, 5.41) is 9.51. The van der Waals surface area contributed by atoms with Gasteiger partial charge in [0.15, 0.2) is 5.82 Å². The number of nitrogens with zero attached hydrogens (tertiary/aromatic N) is 1. The number of furan rings is 1. The largest absolute Gasteiger partial charge is 0.462 e. The highest BCUT2D eigenvalue weighted by atomic mass is 16.3. The van der Waals surface area contributed by atoms with Crippen molar-refractivity contribution in [1.82, 2.24) is 10.2 Å². The summed E-state index contributed by atoms with van der Waals surface area (Å²) in [6, 6.07) is 3.65. The average Bonchev–Trinajstić information content (AvgIpc) is 2.88. The molecule has 0 unspecified atom stereocenters. The molecular formula is C13H15N3O2. The van der Waals surface area contributed by atoms with Gasteiger partial charge in [-0.05, 0) is 39.0 Å². The highest BCUT2D eigenvalue weighted by Crippen LogP contribution is 2.14. The Balaban J connectivity index is 2.01. The van der Waals surface area contributed by atoms with E-state index in [1.165, 1.54) is 6.08 Å². The van der Waals surface area contributed by atoms with Crippen LogP contribution in [0.5, 0.6) is 0 Å². The van der Waals surface area contributed by atoms with Crippen molar-refractivity contribution in [2.45, 2.75) is 20.8 Å². The lowest BCUT2D eigenvalue weighted by molar-refractivity contribution is -0.111. The minimum absolute atomic E-state index is 0.237. The Hall–Kier alpha value is -2.30. The summed E-state index contributed by atoms with van der Waals surface area (Å²) in [6.07, 6.45) is 3.04. The fraction of sp³-hybridized carbons (Fsp3) is 0.231. The number of H-pyrrole nitrogens is 1. The number of hydrogen-bond donors (Lipinski definition) is 2. The van der Waals surface area contributed by atoms with Crippen molar-refractivity contribution in [1.29, 1.82) is 0 Å². The molecule has 18 heavy (non-hydrogen) atoms. The Bertz CT molecular complexity index is 593. The molecule has 2 rings (SSSR count). The third-order valence-electron chi connectivity index (χ3n) is 2.65. The first-order valence-electron chi connectivity index (χ1n) is 5.63. The van der Waals surface area contributed by atoms with Gasteiger partial charge in [0.2, 0.25) is 5.91 Å². The first kappa shape index (κ1) is 12.2. The maximum absolute atomic E-state index is 11.7. The Morgan fingerprint density at radius 3 is 2.72 bits per heavy atom. The first-order valence-corrected chi connectivity index (χ1v) is 5.63. The van der Waals surface area contributed by atoms with E-state index in [2.05, 4.69) is 15.5 Å². The van der Waals surface area contributed by atoms with Crippen molar-refractivity contribution in [3.63, 3.8) is 0 Å². The summed E-state index contributed by atoms with van der Waals surface area (Å²) in [4.78, 5) is 11.7. The Morgan fingerprint density at radius 2 is 2.17 bits per heavy atom. The molecule has 2 heterocycles. The fourth-order valence-electron chi connectivity index (χ4n) is 1.47. The van der Waals surface area contributed by atoms with Gasteiger partial charge in [0.1, 0.15) is 11.5 Å². The van der Waals surface area contributed by atoms with Crippen molar-refractivity contribution < 1.29 is 9.21 Å². The number of anilines is 1. The van der Waals surface area contributed by atoms with Crippen LogP contribution in [0.3, 0.4) is 0 Å². The van der Waals surface area contributed by atoms with E-state index in [4.69, 9.17) is 4.42 Å². The molecule has 0 spiro atoms. The molecule has 0 fully saturated rings. The zero-order valence-electron chi connectivity index (χ0n) is 10.6. The van der Waals surface area contributed by atoms with E-state index in [1.54, 1.807) is 6.08 Å². The Labute approximate surface area is 105 Å². The number of aromatic amines is 1. The number of amides is 1. The molecule has 0 saturated heterocycles. The molecule has 0 bridgehead atoms. The van der Waals surface area contributed by atoms with Gasteiger partial charge in [-0.25, -0.2) is 0 Å². The van der Waals surface area contributed by atoms with Crippen LogP contribution in [0, 0.1) is 20.8 Å². The van der Waals surface area contributed by atoms with Gasteiger partial charge in [0.05, 0.1) is 0 Å². The van der Waals surface area contributed by atoms with Crippen LogP contribution in [0.1, 0.15) is 22.8 Å². The normalized spacial score (nSPS) is 11.1. The van der Waals surface area contributed by atoms with Crippen molar-refractivity contribution in [3.8, 4) is 0 Å². The van der Waals surface area contributed by atoms with Crippen LogP contribution >= 0.6 is 0 Å². The van der Waals surface area contributed by atoms with Gasteiger partial charge in [0.25, 0.3) is 0 Å². The highest BCUT2D eigenvalue weighted by molar-refractivity contribution is 6.01. The van der Waals surface area contributed by atoms with E-state index in [0.717, 1.165) is 17.0 Å². The SMILES string of the molecule is Cc1ccc(/C=C/C(=O)Nc2n[nH]c(C)c2C)o1. The minimum Gasteiger partial charge on any atom is -0.462 e. The Kier molecular flexibility index (Phi) is 3.32. The van der Waals surface area contributed by atoms with Crippen molar-refractivity contribution in [2.24, 2.45) is 0 Å². The molecule has 0 saturated carbocycles. The van der Waals surface area contributed by atoms with Crippen LogP contribution in [-0.4, -0.2) is 16.1 Å². The summed E-state index contributed by atoms with van der Waals surface area (Å²) in [6.45, 7) is 5.65. The van der Waals surface area contributed by atoms with Crippen LogP contribution in [0.4, 0.5) is 5.82 Å². The number of rotatable bonds is 3. The molecule has 0 aliphatic rings. The van der Waals surface area contributed by atoms with Gasteiger partial charge >= 0.3 is 0 Å². The van der Waals surface area contributed by atoms with Crippen molar-refractivity contribution >= 4 is 17.8 Å². The monoisotopic (exact) mass is 245 g/mol. The van der Waals surface area contributed by atoms with Gasteiger partial charge < -0.3 is 9.73 Å². The lowest BCUT2D eigenvalue weighted by Gasteiger charge is -1.98. The van der Waals surface area contributed by atoms with Gasteiger partial charge in [-0.15, -0.1) is 0 Å². The molecular weight excluding hydrogens is 230 g/mol.